The Bertz CT molecular complexity index is 1020. The van der Waals surface area contributed by atoms with Crippen LogP contribution < -0.4 is 4.80 Å². The number of hydrogen-bond acceptors (Lipinski definition) is 5. The van der Waals surface area contributed by atoms with Crippen LogP contribution in [0.4, 0.5) is 5.69 Å². The second kappa shape index (κ2) is 6.58. The fraction of sp³-hybridized carbons (Fsp3) is 0.125. The average Bonchev–Trinajstić information content (AvgIpc) is 2.90. The van der Waals surface area contributed by atoms with Crippen molar-refractivity contribution >= 4 is 44.9 Å². The lowest BCUT2D eigenvalue weighted by atomic mass is 10.2. The van der Waals surface area contributed by atoms with Gasteiger partial charge in [0, 0.05) is 29.6 Å². The number of rotatable bonds is 3. The molecule has 0 N–H and O–H groups in total. The third-order valence-corrected chi connectivity index (χ3v) is 5.35. The minimum absolute atomic E-state index is 0.0152. The summed E-state index contributed by atoms with van der Waals surface area (Å²) >= 11 is 2.88. The second-order valence-corrected chi connectivity index (χ2v) is 6.89. The average molecular weight is 359 g/mol. The van der Waals surface area contributed by atoms with Gasteiger partial charge in [0.15, 0.2) is 4.80 Å². The van der Waals surface area contributed by atoms with E-state index in [1.165, 1.54) is 23.5 Å². The molecule has 0 atom stereocenters. The lowest BCUT2D eigenvalue weighted by Crippen LogP contribution is -2.13. The predicted molar refractivity (Wildman–Crippen MR) is 95.6 cm³/mol. The molecule has 122 valence electrons. The molecule has 0 saturated carbocycles. The zero-order valence-electron chi connectivity index (χ0n) is 12.9. The Kier molecular flexibility index (Phi) is 4.50. The van der Waals surface area contributed by atoms with Crippen LogP contribution in [0.25, 0.3) is 10.2 Å². The number of fused-ring (bicyclic) bond motifs is 1. The molecule has 0 fully saturated rings. The van der Waals surface area contributed by atoms with E-state index in [4.69, 9.17) is 0 Å². The molecule has 0 unspecified atom stereocenters. The van der Waals surface area contributed by atoms with E-state index in [0.717, 1.165) is 9.60 Å². The predicted octanol–water partition coefficient (Wildman–Crippen LogP) is 3.61. The van der Waals surface area contributed by atoms with Crippen molar-refractivity contribution in [1.29, 1.82) is 0 Å². The molecule has 1 heterocycles. The lowest BCUT2D eigenvalue weighted by Gasteiger charge is -1.99. The van der Waals surface area contributed by atoms with Gasteiger partial charge in [0.2, 0.25) is 0 Å². The van der Waals surface area contributed by atoms with E-state index in [9.17, 15) is 14.9 Å². The maximum absolute atomic E-state index is 12.4. The van der Waals surface area contributed by atoms with Crippen molar-refractivity contribution in [3.8, 4) is 0 Å². The molecule has 0 radical (unpaired) electrons. The number of nitro groups is 1. The number of nitro benzene ring substituents is 1. The van der Waals surface area contributed by atoms with Gasteiger partial charge in [0.1, 0.15) is 0 Å². The number of aromatic nitrogens is 1. The molecule has 2 aromatic carbocycles. The molecular weight excluding hydrogens is 346 g/mol. The Labute approximate surface area is 145 Å². The van der Waals surface area contributed by atoms with E-state index in [2.05, 4.69) is 4.99 Å². The highest BCUT2D eigenvalue weighted by molar-refractivity contribution is 7.98. The fourth-order valence-electron chi connectivity index (χ4n) is 2.24. The second-order valence-electron chi connectivity index (χ2n) is 5.00. The van der Waals surface area contributed by atoms with Gasteiger partial charge in [0.25, 0.3) is 11.6 Å². The summed E-state index contributed by atoms with van der Waals surface area (Å²) in [4.78, 5) is 28.5. The van der Waals surface area contributed by atoms with E-state index in [1.807, 2.05) is 18.4 Å². The van der Waals surface area contributed by atoms with Crippen LogP contribution in [0.3, 0.4) is 0 Å². The Morgan fingerprint density at radius 2 is 2.08 bits per heavy atom. The summed E-state index contributed by atoms with van der Waals surface area (Å²) in [5.41, 5.74) is 1.21. The van der Waals surface area contributed by atoms with Crippen molar-refractivity contribution in [2.45, 2.75) is 4.90 Å². The SMILES string of the molecule is CSc1cccc(C(=O)N=c2sc3ccc([N+](=O)[O-])cc3n2C)c1. The zero-order chi connectivity index (χ0) is 17.3. The Hall–Kier alpha value is -2.45. The van der Waals surface area contributed by atoms with Crippen LogP contribution in [-0.4, -0.2) is 21.7 Å². The molecule has 0 saturated heterocycles. The van der Waals surface area contributed by atoms with Gasteiger partial charge in [-0.2, -0.15) is 4.99 Å². The van der Waals surface area contributed by atoms with Crippen LogP contribution in [0.1, 0.15) is 10.4 Å². The number of amides is 1. The first-order valence-corrected chi connectivity index (χ1v) is 9.01. The first-order chi connectivity index (χ1) is 11.5. The summed E-state index contributed by atoms with van der Waals surface area (Å²) in [5.74, 6) is -0.331. The highest BCUT2D eigenvalue weighted by Crippen LogP contribution is 2.22. The minimum Gasteiger partial charge on any atom is -0.319 e. The van der Waals surface area contributed by atoms with Gasteiger partial charge in [0.05, 0.1) is 15.1 Å². The molecule has 1 aromatic heterocycles. The largest absolute Gasteiger partial charge is 0.319 e. The van der Waals surface area contributed by atoms with E-state index >= 15 is 0 Å². The number of nitrogens with zero attached hydrogens (tertiary/aromatic N) is 3. The van der Waals surface area contributed by atoms with E-state index < -0.39 is 4.92 Å². The molecular formula is C16H13N3O3S2. The van der Waals surface area contributed by atoms with Crippen LogP contribution in [0, 0.1) is 10.1 Å². The van der Waals surface area contributed by atoms with E-state index in [0.29, 0.717) is 15.9 Å². The number of hydrogen-bond donors (Lipinski definition) is 0. The molecule has 0 bridgehead atoms. The molecule has 8 heteroatoms. The molecule has 0 aliphatic heterocycles. The quantitative estimate of drug-likeness (QED) is 0.407. The van der Waals surface area contributed by atoms with Gasteiger partial charge in [-0.1, -0.05) is 17.4 Å². The van der Waals surface area contributed by atoms with Crippen molar-refractivity contribution < 1.29 is 9.72 Å². The van der Waals surface area contributed by atoms with Gasteiger partial charge in [-0.15, -0.1) is 11.8 Å². The number of carbonyl (C=O) groups excluding carboxylic acids is 1. The van der Waals surface area contributed by atoms with Gasteiger partial charge >= 0.3 is 0 Å². The number of benzene rings is 2. The molecule has 1 amide bonds. The summed E-state index contributed by atoms with van der Waals surface area (Å²) in [5, 5.41) is 10.9. The topological polar surface area (TPSA) is 77.5 Å². The summed E-state index contributed by atoms with van der Waals surface area (Å²) < 4.78 is 2.54. The fourth-order valence-corrected chi connectivity index (χ4v) is 3.70. The Morgan fingerprint density at radius 1 is 1.29 bits per heavy atom. The summed E-state index contributed by atoms with van der Waals surface area (Å²) in [6.45, 7) is 0. The molecule has 0 spiro atoms. The molecule has 3 rings (SSSR count). The van der Waals surface area contributed by atoms with Crippen LogP contribution in [0.15, 0.2) is 52.4 Å². The maximum atomic E-state index is 12.4. The highest BCUT2D eigenvalue weighted by Gasteiger charge is 2.11. The van der Waals surface area contributed by atoms with Crippen LogP contribution in [0.2, 0.25) is 0 Å². The van der Waals surface area contributed by atoms with Crippen LogP contribution in [0.5, 0.6) is 0 Å². The van der Waals surface area contributed by atoms with Crippen molar-refractivity contribution in [3.63, 3.8) is 0 Å². The summed E-state index contributed by atoms with van der Waals surface area (Å²) in [6, 6.07) is 11.9. The molecule has 6 nitrogen and oxygen atoms in total. The van der Waals surface area contributed by atoms with Crippen molar-refractivity contribution in [2.24, 2.45) is 12.0 Å². The standard InChI is InChI=1S/C16H13N3O3S2/c1-18-13-9-11(19(21)22)6-7-14(13)24-16(18)17-15(20)10-4-3-5-12(8-10)23-2/h3-9H,1-2H3. The molecule has 0 aliphatic carbocycles. The zero-order valence-corrected chi connectivity index (χ0v) is 14.6. The number of thiazole rings is 1. The van der Waals surface area contributed by atoms with E-state index in [1.54, 1.807) is 41.6 Å². The Morgan fingerprint density at radius 3 is 2.79 bits per heavy atom. The monoisotopic (exact) mass is 359 g/mol. The normalized spacial score (nSPS) is 11.8. The van der Waals surface area contributed by atoms with E-state index in [-0.39, 0.29) is 11.6 Å². The van der Waals surface area contributed by atoms with Gasteiger partial charge in [-0.25, -0.2) is 0 Å². The molecule has 0 aliphatic rings. The number of carbonyl (C=O) groups is 1. The Balaban J connectivity index is 2.07. The summed E-state index contributed by atoms with van der Waals surface area (Å²) in [6.07, 6.45) is 1.94. The van der Waals surface area contributed by atoms with Crippen LogP contribution in [-0.2, 0) is 7.05 Å². The van der Waals surface area contributed by atoms with Gasteiger partial charge in [-0.3, -0.25) is 14.9 Å². The first kappa shape index (κ1) is 16.4. The van der Waals surface area contributed by atoms with Gasteiger partial charge < -0.3 is 4.57 Å². The molecule has 3 aromatic rings. The smallest absolute Gasteiger partial charge is 0.279 e. The third kappa shape index (κ3) is 3.10. The van der Waals surface area contributed by atoms with Crippen LogP contribution >= 0.6 is 23.1 Å². The number of non-ortho nitro benzene ring substituents is 1. The number of thioether (sulfide) groups is 1. The van der Waals surface area contributed by atoms with Crippen molar-refractivity contribution in [1.82, 2.24) is 4.57 Å². The molecule has 24 heavy (non-hydrogen) atoms. The van der Waals surface area contributed by atoms with Crippen molar-refractivity contribution in [3.05, 3.63) is 62.9 Å². The third-order valence-electron chi connectivity index (χ3n) is 3.52. The summed E-state index contributed by atoms with van der Waals surface area (Å²) in [7, 11) is 1.74. The highest BCUT2D eigenvalue weighted by atomic mass is 32.2. The maximum Gasteiger partial charge on any atom is 0.279 e. The van der Waals surface area contributed by atoms with Crippen molar-refractivity contribution in [2.75, 3.05) is 6.26 Å². The number of aryl methyl sites for hydroxylation is 1. The minimum atomic E-state index is -0.438. The van der Waals surface area contributed by atoms with Gasteiger partial charge in [-0.05, 0) is 30.5 Å². The first-order valence-electron chi connectivity index (χ1n) is 6.96. The lowest BCUT2D eigenvalue weighted by molar-refractivity contribution is -0.384.